The Hall–Kier alpha value is -2.03. The third kappa shape index (κ3) is 2.48. The van der Waals surface area contributed by atoms with Crippen molar-refractivity contribution in [3.8, 4) is 0 Å². The van der Waals surface area contributed by atoms with E-state index in [1.54, 1.807) is 0 Å². The van der Waals surface area contributed by atoms with Gasteiger partial charge in [0.2, 0.25) is 17.6 Å². The lowest BCUT2D eigenvalue weighted by Crippen LogP contribution is -2.28. The Labute approximate surface area is 120 Å². The predicted molar refractivity (Wildman–Crippen MR) is 70.4 cm³/mol. The van der Waals surface area contributed by atoms with Crippen LogP contribution in [0.2, 0.25) is 0 Å². The zero-order valence-corrected chi connectivity index (χ0v) is 11.6. The fraction of sp³-hybridized carbons (Fsp3) is 0.273. The normalized spacial score (nSPS) is 18.4. The summed E-state index contributed by atoms with van der Waals surface area (Å²) in [5.74, 6) is -2.67. The molecule has 0 saturated carbocycles. The molecule has 0 radical (unpaired) electrons. The summed E-state index contributed by atoms with van der Waals surface area (Å²) in [6, 6.07) is 1.87. The number of halogens is 2. The molecular formula is C11H9BrFN3O4. The first-order valence-electron chi connectivity index (χ1n) is 5.54. The molecule has 1 unspecified atom stereocenters. The van der Waals surface area contributed by atoms with Crippen molar-refractivity contribution in [2.75, 3.05) is 11.4 Å². The van der Waals surface area contributed by atoms with Crippen LogP contribution in [0.25, 0.3) is 0 Å². The lowest BCUT2D eigenvalue weighted by molar-refractivity contribution is -0.387. The Morgan fingerprint density at radius 2 is 2.20 bits per heavy atom. The van der Waals surface area contributed by atoms with Gasteiger partial charge in [0, 0.05) is 23.5 Å². The fourth-order valence-electron chi connectivity index (χ4n) is 2.00. The summed E-state index contributed by atoms with van der Waals surface area (Å²) in [4.78, 5) is 34.0. The van der Waals surface area contributed by atoms with Crippen LogP contribution in [-0.4, -0.2) is 23.3 Å². The van der Waals surface area contributed by atoms with Gasteiger partial charge < -0.3 is 10.6 Å². The summed E-state index contributed by atoms with van der Waals surface area (Å²) in [6.45, 7) is 0.0234. The van der Waals surface area contributed by atoms with E-state index in [0.29, 0.717) is 0 Å². The van der Waals surface area contributed by atoms with Crippen molar-refractivity contribution in [2.24, 2.45) is 11.7 Å². The highest BCUT2D eigenvalue weighted by Crippen LogP contribution is 2.35. The Bertz CT molecular complexity index is 622. The van der Waals surface area contributed by atoms with Crippen molar-refractivity contribution >= 4 is 39.1 Å². The molecule has 1 aromatic rings. The molecule has 2 rings (SSSR count). The van der Waals surface area contributed by atoms with Crippen molar-refractivity contribution in [3.05, 3.63) is 32.5 Å². The average Bonchev–Trinajstić information content (AvgIpc) is 2.71. The number of hydrogen-bond acceptors (Lipinski definition) is 4. The van der Waals surface area contributed by atoms with Crippen LogP contribution in [0.15, 0.2) is 16.6 Å². The van der Waals surface area contributed by atoms with Gasteiger partial charge in [-0.15, -0.1) is 0 Å². The summed E-state index contributed by atoms with van der Waals surface area (Å²) in [5.41, 5.74) is 4.55. The van der Waals surface area contributed by atoms with Crippen molar-refractivity contribution in [1.29, 1.82) is 0 Å². The Morgan fingerprint density at radius 3 is 2.70 bits per heavy atom. The van der Waals surface area contributed by atoms with E-state index < -0.39 is 34.2 Å². The highest BCUT2D eigenvalue weighted by molar-refractivity contribution is 9.10. The van der Waals surface area contributed by atoms with Gasteiger partial charge in [0.05, 0.1) is 16.5 Å². The number of nitro benzene ring substituents is 1. The molecule has 2 N–H and O–H groups in total. The molecule has 1 aliphatic heterocycles. The molecule has 0 aromatic heterocycles. The monoisotopic (exact) mass is 345 g/mol. The van der Waals surface area contributed by atoms with Crippen LogP contribution in [0.3, 0.4) is 0 Å². The number of carbonyl (C=O) groups is 2. The second kappa shape index (κ2) is 5.16. The van der Waals surface area contributed by atoms with Crippen LogP contribution < -0.4 is 10.6 Å². The SMILES string of the molecule is NC(=O)C1CC(=O)N(c2cc([N+](=O)[O-])c(F)cc2Br)C1. The number of amides is 2. The van der Waals surface area contributed by atoms with Crippen LogP contribution in [-0.2, 0) is 9.59 Å². The molecular weight excluding hydrogens is 337 g/mol. The largest absolute Gasteiger partial charge is 0.369 e. The number of nitro groups is 1. The minimum atomic E-state index is -1.01. The van der Waals surface area contributed by atoms with Gasteiger partial charge in [-0.05, 0) is 22.0 Å². The molecule has 9 heteroatoms. The van der Waals surface area contributed by atoms with E-state index in [-0.39, 0.29) is 23.1 Å². The number of hydrogen-bond donors (Lipinski definition) is 1. The van der Waals surface area contributed by atoms with Crippen molar-refractivity contribution in [3.63, 3.8) is 0 Å². The Morgan fingerprint density at radius 1 is 1.55 bits per heavy atom. The molecule has 0 spiro atoms. The number of primary amides is 1. The van der Waals surface area contributed by atoms with Gasteiger partial charge >= 0.3 is 5.69 Å². The maximum atomic E-state index is 13.4. The summed E-state index contributed by atoms with van der Waals surface area (Å²) < 4.78 is 13.6. The fourth-order valence-corrected chi connectivity index (χ4v) is 2.53. The number of benzene rings is 1. The van der Waals surface area contributed by atoms with Gasteiger partial charge in [-0.1, -0.05) is 0 Å². The summed E-state index contributed by atoms with van der Waals surface area (Å²) in [6.07, 6.45) is -0.0626. The smallest absolute Gasteiger partial charge is 0.306 e. The maximum absolute atomic E-state index is 13.4. The molecule has 1 saturated heterocycles. The van der Waals surface area contributed by atoms with E-state index in [1.807, 2.05) is 0 Å². The third-order valence-corrected chi connectivity index (χ3v) is 3.67. The Balaban J connectivity index is 2.43. The topological polar surface area (TPSA) is 107 Å². The quantitative estimate of drug-likeness (QED) is 0.658. The lowest BCUT2D eigenvalue weighted by atomic mass is 10.1. The molecule has 20 heavy (non-hydrogen) atoms. The standard InChI is InChI=1S/C11H9BrFN3O4/c12-6-2-7(13)9(16(19)20)3-8(6)15-4-5(11(14)18)1-10(15)17/h2-3,5H,1,4H2,(H2,14,18). The third-order valence-electron chi connectivity index (χ3n) is 3.03. The van der Waals surface area contributed by atoms with Gasteiger partial charge in [0.1, 0.15) is 0 Å². The number of carbonyl (C=O) groups excluding carboxylic acids is 2. The lowest BCUT2D eigenvalue weighted by Gasteiger charge is -2.17. The molecule has 7 nitrogen and oxygen atoms in total. The molecule has 1 aromatic carbocycles. The number of anilines is 1. The summed E-state index contributed by atoms with van der Waals surface area (Å²) in [5, 5.41) is 10.7. The molecule has 2 amide bonds. The molecule has 1 atom stereocenters. The highest BCUT2D eigenvalue weighted by atomic mass is 79.9. The minimum absolute atomic E-state index is 0.0234. The number of nitrogens with zero attached hydrogens (tertiary/aromatic N) is 2. The van der Waals surface area contributed by atoms with Crippen LogP contribution in [0, 0.1) is 21.8 Å². The van der Waals surface area contributed by atoms with Crippen molar-refractivity contribution < 1.29 is 18.9 Å². The average molecular weight is 346 g/mol. The minimum Gasteiger partial charge on any atom is -0.369 e. The van der Waals surface area contributed by atoms with Crippen molar-refractivity contribution in [1.82, 2.24) is 0 Å². The number of rotatable bonds is 3. The molecule has 1 fully saturated rings. The van der Waals surface area contributed by atoms with Gasteiger partial charge in [0.15, 0.2) is 0 Å². The summed E-state index contributed by atoms with van der Waals surface area (Å²) >= 11 is 3.05. The van der Waals surface area contributed by atoms with Crippen LogP contribution in [0.4, 0.5) is 15.8 Å². The van der Waals surface area contributed by atoms with Crippen LogP contribution >= 0.6 is 15.9 Å². The first-order chi connectivity index (χ1) is 9.31. The first-order valence-corrected chi connectivity index (χ1v) is 6.33. The van der Waals surface area contributed by atoms with Crippen LogP contribution in [0.5, 0.6) is 0 Å². The van der Waals surface area contributed by atoms with Gasteiger partial charge in [0.25, 0.3) is 0 Å². The highest BCUT2D eigenvalue weighted by Gasteiger charge is 2.35. The second-order valence-corrected chi connectivity index (χ2v) is 5.17. The molecule has 1 aliphatic rings. The zero-order chi connectivity index (χ0) is 15.0. The second-order valence-electron chi connectivity index (χ2n) is 4.32. The maximum Gasteiger partial charge on any atom is 0.306 e. The van der Waals surface area contributed by atoms with E-state index >= 15 is 0 Å². The predicted octanol–water partition coefficient (Wildman–Crippen LogP) is 1.33. The Kier molecular flexibility index (Phi) is 3.71. The van der Waals surface area contributed by atoms with Gasteiger partial charge in [-0.25, -0.2) is 0 Å². The van der Waals surface area contributed by atoms with E-state index in [0.717, 1.165) is 12.1 Å². The van der Waals surface area contributed by atoms with E-state index in [9.17, 15) is 24.1 Å². The molecule has 0 aliphatic carbocycles. The van der Waals surface area contributed by atoms with E-state index in [1.165, 1.54) is 4.90 Å². The van der Waals surface area contributed by atoms with Crippen LogP contribution in [0.1, 0.15) is 6.42 Å². The number of nitrogens with two attached hydrogens (primary N) is 1. The first kappa shape index (κ1) is 14.4. The zero-order valence-electron chi connectivity index (χ0n) is 10.0. The van der Waals surface area contributed by atoms with E-state index in [2.05, 4.69) is 15.9 Å². The molecule has 1 heterocycles. The summed E-state index contributed by atoms with van der Waals surface area (Å²) in [7, 11) is 0. The van der Waals surface area contributed by atoms with Gasteiger partial charge in [-0.2, -0.15) is 4.39 Å². The molecule has 106 valence electrons. The van der Waals surface area contributed by atoms with Gasteiger partial charge in [-0.3, -0.25) is 19.7 Å². The van der Waals surface area contributed by atoms with Crippen molar-refractivity contribution in [2.45, 2.75) is 6.42 Å². The molecule has 0 bridgehead atoms. The van der Waals surface area contributed by atoms with E-state index in [4.69, 9.17) is 5.73 Å².